The van der Waals surface area contributed by atoms with E-state index in [4.69, 9.17) is 4.98 Å². The van der Waals surface area contributed by atoms with Crippen LogP contribution in [-0.2, 0) is 16.2 Å². The first-order chi connectivity index (χ1) is 13.0. The molecule has 1 aliphatic rings. The van der Waals surface area contributed by atoms with E-state index in [0.717, 1.165) is 5.69 Å². The molecule has 0 aliphatic heterocycles. The zero-order valence-corrected chi connectivity index (χ0v) is 18.2. The Hall–Kier alpha value is -2.41. The van der Waals surface area contributed by atoms with Gasteiger partial charge in [-0.3, -0.25) is 4.98 Å². The zero-order valence-electron chi connectivity index (χ0n) is 18.2. The summed E-state index contributed by atoms with van der Waals surface area (Å²) < 4.78 is 0. The maximum absolute atomic E-state index is 4.80. The molecule has 0 saturated carbocycles. The zero-order chi connectivity index (χ0) is 20.3. The van der Waals surface area contributed by atoms with Crippen LogP contribution in [0, 0.1) is 0 Å². The Kier molecular flexibility index (Phi) is 4.08. The highest BCUT2D eigenvalue weighted by Crippen LogP contribution is 2.52. The molecule has 1 heteroatoms. The van der Waals surface area contributed by atoms with Gasteiger partial charge in [-0.15, -0.1) is 0 Å². The molecule has 0 fully saturated rings. The van der Waals surface area contributed by atoms with Crippen molar-refractivity contribution in [3.05, 3.63) is 88.6 Å². The van der Waals surface area contributed by atoms with Crippen molar-refractivity contribution in [1.29, 1.82) is 0 Å². The van der Waals surface area contributed by atoms with Crippen LogP contribution in [0.5, 0.6) is 0 Å². The monoisotopic (exact) mass is 369 g/mol. The molecule has 1 aliphatic carbocycles. The highest BCUT2D eigenvalue weighted by molar-refractivity contribution is 5.73. The summed E-state index contributed by atoms with van der Waals surface area (Å²) in [6, 6.07) is 20.1. The SMILES string of the molecule is CC(C)(C)c1ccnc(-c2cccc3c2C(C)(C)c2ccccc2C3(C)C)c1. The fourth-order valence-corrected chi connectivity index (χ4v) is 4.86. The molecule has 2 aromatic carbocycles. The standard InChI is InChI=1S/C27H31N/c1-25(2,3)18-15-16-28-23(17-18)19-11-10-14-22-24(19)27(6,7)21-13-9-8-12-20(21)26(22,4)5/h8-17H,1-7H3. The number of hydrogen-bond donors (Lipinski definition) is 0. The van der Waals surface area contributed by atoms with Crippen molar-refractivity contribution in [2.45, 2.75) is 64.7 Å². The van der Waals surface area contributed by atoms with Crippen LogP contribution in [0.15, 0.2) is 60.8 Å². The third kappa shape index (κ3) is 2.71. The number of benzene rings is 2. The minimum absolute atomic E-state index is 0.0287. The minimum atomic E-state index is -0.0720. The van der Waals surface area contributed by atoms with Crippen LogP contribution in [0.4, 0.5) is 0 Å². The number of nitrogens with zero attached hydrogens (tertiary/aromatic N) is 1. The number of fused-ring (bicyclic) bond motifs is 2. The average molecular weight is 370 g/mol. The van der Waals surface area contributed by atoms with Gasteiger partial charge in [0, 0.05) is 22.6 Å². The molecule has 0 amide bonds. The van der Waals surface area contributed by atoms with E-state index in [0.29, 0.717) is 0 Å². The summed E-state index contributed by atoms with van der Waals surface area (Å²) in [5.74, 6) is 0. The largest absolute Gasteiger partial charge is 0.256 e. The lowest BCUT2D eigenvalue weighted by molar-refractivity contribution is 0.521. The van der Waals surface area contributed by atoms with Gasteiger partial charge in [0.25, 0.3) is 0 Å². The maximum Gasteiger partial charge on any atom is 0.0708 e. The molecule has 1 nitrogen and oxygen atoms in total. The average Bonchev–Trinajstić information content (AvgIpc) is 2.66. The molecule has 28 heavy (non-hydrogen) atoms. The third-order valence-corrected chi connectivity index (χ3v) is 6.54. The quantitative estimate of drug-likeness (QED) is 0.449. The topological polar surface area (TPSA) is 12.9 Å². The first kappa shape index (κ1) is 18.9. The van der Waals surface area contributed by atoms with Gasteiger partial charge in [0.2, 0.25) is 0 Å². The van der Waals surface area contributed by atoms with Crippen molar-refractivity contribution < 1.29 is 0 Å². The van der Waals surface area contributed by atoms with E-state index >= 15 is 0 Å². The summed E-state index contributed by atoms with van der Waals surface area (Å²) in [5, 5.41) is 0. The van der Waals surface area contributed by atoms with E-state index in [2.05, 4.69) is 103 Å². The van der Waals surface area contributed by atoms with Crippen molar-refractivity contribution in [1.82, 2.24) is 4.98 Å². The van der Waals surface area contributed by atoms with Gasteiger partial charge >= 0.3 is 0 Å². The van der Waals surface area contributed by atoms with Crippen LogP contribution >= 0.6 is 0 Å². The second kappa shape index (κ2) is 6.04. The molecular weight excluding hydrogens is 338 g/mol. The Morgan fingerprint density at radius 1 is 0.714 bits per heavy atom. The molecule has 1 aromatic heterocycles. The third-order valence-electron chi connectivity index (χ3n) is 6.54. The molecule has 0 radical (unpaired) electrons. The predicted molar refractivity (Wildman–Crippen MR) is 119 cm³/mol. The summed E-state index contributed by atoms with van der Waals surface area (Å²) in [6.45, 7) is 16.2. The molecule has 0 atom stereocenters. The molecule has 0 N–H and O–H groups in total. The Bertz CT molecular complexity index is 1050. The van der Waals surface area contributed by atoms with Gasteiger partial charge in [-0.25, -0.2) is 0 Å². The van der Waals surface area contributed by atoms with Gasteiger partial charge in [-0.1, -0.05) is 90.9 Å². The van der Waals surface area contributed by atoms with E-state index in [1.54, 1.807) is 0 Å². The summed E-state index contributed by atoms with van der Waals surface area (Å²) >= 11 is 0. The lowest BCUT2D eigenvalue weighted by atomic mass is 9.59. The fraction of sp³-hybridized carbons (Fsp3) is 0.370. The molecule has 0 spiro atoms. The van der Waals surface area contributed by atoms with Crippen molar-refractivity contribution in [2.24, 2.45) is 0 Å². The van der Waals surface area contributed by atoms with Gasteiger partial charge in [-0.2, -0.15) is 0 Å². The first-order valence-electron chi connectivity index (χ1n) is 10.3. The van der Waals surface area contributed by atoms with E-state index in [1.807, 2.05) is 6.20 Å². The second-order valence-corrected chi connectivity index (χ2v) is 10.2. The van der Waals surface area contributed by atoms with E-state index in [-0.39, 0.29) is 16.2 Å². The van der Waals surface area contributed by atoms with Gasteiger partial charge in [0.15, 0.2) is 0 Å². The first-order valence-corrected chi connectivity index (χ1v) is 10.3. The molecule has 1 heterocycles. The lowest BCUT2D eigenvalue weighted by Gasteiger charge is -2.44. The van der Waals surface area contributed by atoms with Crippen LogP contribution < -0.4 is 0 Å². The molecule has 0 bridgehead atoms. The maximum atomic E-state index is 4.80. The fourth-order valence-electron chi connectivity index (χ4n) is 4.86. The number of rotatable bonds is 1. The Balaban J connectivity index is 2.02. The van der Waals surface area contributed by atoms with Crippen LogP contribution in [0.25, 0.3) is 11.3 Å². The Morgan fingerprint density at radius 2 is 1.32 bits per heavy atom. The van der Waals surface area contributed by atoms with Gasteiger partial charge in [-0.05, 0) is 45.4 Å². The van der Waals surface area contributed by atoms with Crippen molar-refractivity contribution in [3.63, 3.8) is 0 Å². The van der Waals surface area contributed by atoms with E-state index in [9.17, 15) is 0 Å². The van der Waals surface area contributed by atoms with Crippen molar-refractivity contribution >= 4 is 0 Å². The smallest absolute Gasteiger partial charge is 0.0708 e. The summed E-state index contributed by atoms with van der Waals surface area (Å²) in [6.07, 6.45) is 1.96. The number of hydrogen-bond acceptors (Lipinski definition) is 1. The van der Waals surface area contributed by atoms with E-state index < -0.39 is 0 Å². The summed E-state index contributed by atoms with van der Waals surface area (Å²) in [7, 11) is 0. The highest BCUT2D eigenvalue weighted by atomic mass is 14.7. The molecule has 0 saturated heterocycles. The van der Waals surface area contributed by atoms with E-state index in [1.165, 1.54) is 33.4 Å². The molecule has 0 unspecified atom stereocenters. The number of aromatic nitrogens is 1. The van der Waals surface area contributed by atoms with Crippen molar-refractivity contribution in [2.75, 3.05) is 0 Å². The molecule has 144 valence electrons. The Labute approximate surface area is 169 Å². The van der Waals surface area contributed by atoms with Gasteiger partial charge < -0.3 is 0 Å². The van der Waals surface area contributed by atoms with Crippen LogP contribution in [0.3, 0.4) is 0 Å². The molecular formula is C27H31N. The van der Waals surface area contributed by atoms with Crippen LogP contribution in [0.1, 0.15) is 76.3 Å². The van der Waals surface area contributed by atoms with Gasteiger partial charge in [0.1, 0.15) is 0 Å². The predicted octanol–water partition coefficient (Wildman–Crippen LogP) is 7.01. The molecule has 3 aromatic rings. The van der Waals surface area contributed by atoms with Crippen LogP contribution in [0.2, 0.25) is 0 Å². The van der Waals surface area contributed by atoms with Crippen molar-refractivity contribution in [3.8, 4) is 11.3 Å². The minimum Gasteiger partial charge on any atom is -0.256 e. The summed E-state index contributed by atoms with van der Waals surface area (Å²) in [4.78, 5) is 4.80. The Morgan fingerprint density at radius 3 is 1.96 bits per heavy atom. The van der Waals surface area contributed by atoms with Gasteiger partial charge in [0.05, 0.1) is 5.69 Å². The molecule has 4 rings (SSSR count). The van der Waals surface area contributed by atoms with Crippen LogP contribution in [-0.4, -0.2) is 4.98 Å². The highest BCUT2D eigenvalue weighted by Gasteiger charge is 2.42. The summed E-state index contributed by atoms with van der Waals surface area (Å²) in [5.41, 5.74) is 9.35. The number of pyridine rings is 1. The second-order valence-electron chi connectivity index (χ2n) is 10.2. The normalized spacial score (nSPS) is 17.0. The lowest BCUT2D eigenvalue weighted by Crippen LogP contribution is -2.37.